The summed E-state index contributed by atoms with van der Waals surface area (Å²) in [5, 5.41) is 0. The van der Waals surface area contributed by atoms with Crippen molar-refractivity contribution in [1.29, 1.82) is 0 Å². The van der Waals surface area contributed by atoms with Gasteiger partial charge in [0.15, 0.2) is 10.3 Å². The zero-order chi connectivity index (χ0) is 9.12. The van der Waals surface area contributed by atoms with Gasteiger partial charge in [0.05, 0.1) is 6.42 Å². The molecule has 0 aliphatic rings. The van der Waals surface area contributed by atoms with E-state index in [1.54, 1.807) is 0 Å². The Kier molecular flexibility index (Phi) is 6.82. The predicted octanol–water partition coefficient (Wildman–Crippen LogP) is -3.01. The van der Waals surface area contributed by atoms with Gasteiger partial charge in [-0.1, -0.05) is 0 Å². The Morgan fingerprint density at radius 1 is 1.33 bits per heavy atom. The van der Waals surface area contributed by atoms with E-state index in [9.17, 15) is 26.1 Å². The fourth-order valence-corrected chi connectivity index (χ4v) is 0.670. The van der Waals surface area contributed by atoms with Gasteiger partial charge < -0.3 is 4.55 Å². The Morgan fingerprint density at radius 3 is 2.00 bits per heavy atom. The fourth-order valence-electron chi connectivity index (χ4n) is 0.318. The van der Waals surface area contributed by atoms with Gasteiger partial charge in [-0.25, -0.2) is 13.1 Å². The molecule has 0 radical (unpaired) electrons. The molecule has 68 valence electrons. The summed E-state index contributed by atoms with van der Waals surface area (Å²) < 4.78 is 64.1. The van der Waals surface area contributed by atoms with E-state index in [-0.39, 0.29) is 29.6 Å². The number of rotatable bonds is 3. The molecule has 4 nitrogen and oxygen atoms in total. The molecule has 0 saturated carbocycles. The zero-order valence-corrected chi connectivity index (χ0v) is 9.00. The molecule has 0 aromatic heterocycles. The van der Waals surface area contributed by atoms with E-state index >= 15 is 0 Å². The summed E-state index contributed by atoms with van der Waals surface area (Å²) in [6, 6.07) is 0. The van der Waals surface area contributed by atoms with Crippen LogP contribution in [0.3, 0.4) is 0 Å². The quantitative estimate of drug-likeness (QED) is 0.403. The second-order valence-corrected chi connectivity index (χ2v) is 2.91. The third-order valence-corrected chi connectivity index (χ3v) is 1.24. The summed E-state index contributed by atoms with van der Waals surface area (Å²) in [4.78, 5) is 0. The van der Waals surface area contributed by atoms with Crippen molar-refractivity contribution in [1.82, 2.24) is 4.72 Å². The van der Waals surface area contributed by atoms with Crippen LogP contribution in [0.4, 0.5) is 13.2 Å². The van der Waals surface area contributed by atoms with Gasteiger partial charge in [0, 0.05) is 6.54 Å². The van der Waals surface area contributed by atoms with E-state index in [0.717, 1.165) is 0 Å². The Bertz CT molecular complexity index is 213. The predicted molar refractivity (Wildman–Crippen MR) is 28.4 cm³/mol. The number of hydrogen-bond acceptors (Lipinski definition) is 3. The van der Waals surface area contributed by atoms with Crippen LogP contribution in [-0.2, 0) is 10.3 Å². The number of alkyl halides is 3. The smallest absolute Gasteiger partial charge is 0.735 e. The Morgan fingerprint density at radius 2 is 1.75 bits per heavy atom. The minimum Gasteiger partial charge on any atom is -0.735 e. The molecule has 0 spiro atoms. The van der Waals surface area contributed by atoms with Crippen LogP contribution < -0.4 is 34.3 Å². The summed E-state index contributed by atoms with van der Waals surface area (Å²) in [7, 11) is -4.75. The van der Waals surface area contributed by atoms with Crippen LogP contribution in [0.1, 0.15) is 6.42 Å². The number of hydrogen-bond donors (Lipinski definition) is 1. The molecule has 9 heteroatoms. The maximum atomic E-state index is 11.3. The Balaban J connectivity index is 0. The van der Waals surface area contributed by atoms with E-state index in [4.69, 9.17) is 0 Å². The van der Waals surface area contributed by atoms with E-state index < -0.39 is 29.4 Å². The number of halogens is 3. The third kappa shape index (κ3) is 13.3. The molecule has 0 bridgehead atoms. The van der Waals surface area contributed by atoms with Gasteiger partial charge in [0.2, 0.25) is 0 Å². The summed E-state index contributed by atoms with van der Waals surface area (Å²) in [6.07, 6.45) is -5.79. The molecular weight excluding hydrogens is 210 g/mol. The molecule has 0 heterocycles. The zero-order valence-electron chi connectivity index (χ0n) is 6.18. The van der Waals surface area contributed by atoms with E-state index in [1.165, 1.54) is 4.72 Å². The molecule has 0 atom stereocenters. The average molecular weight is 215 g/mol. The first-order chi connectivity index (χ1) is 4.71. The third-order valence-electron chi connectivity index (χ3n) is 0.687. The molecule has 0 unspecified atom stereocenters. The molecule has 0 aromatic rings. The molecule has 0 fully saturated rings. The van der Waals surface area contributed by atoms with Crippen molar-refractivity contribution >= 4 is 10.3 Å². The van der Waals surface area contributed by atoms with Crippen molar-refractivity contribution in [3.63, 3.8) is 0 Å². The van der Waals surface area contributed by atoms with Crippen LogP contribution in [0.2, 0.25) is 0 Å². The van der Waals surface area contributed by atoms with Crippen LogP contribution in [0.25, 0.3) is 0 Å². The molecule has 0 aliphatic heterocycles. The summed E-state index contributed by atoms with van der Waals surface area (Å²) in [6.45, 7) is -0.907. The molecule has 0 rings (SSSR count). The monoisotopic (exact) mass is 215 g/mol. The summed E-state index contributed by atoms with van der Waals surface area (Å²) >= 11 is 0. The van der Waals surface area contributed by atoms with Crippen LogP contribution in [0.15, 0.2) is 0 Å². The summed E-state index contributed by atoms with van der Waals surface area (Å²) in [5.41, 5.74) is 0. The van der Waals surface area contributed by atoms with Gasteiger partial charge in [-0.2, -0.15) is 13.2 Å². The minimum absolute atomic E-state index is 0. The second-order valence-electron chi connectivity index (χ2n) is 1.71. The molecule has 0 amide bonds. The standard InChI is InChI=1S/C3H6F3NO3S.Na/c4-3(5,6)1-2-7-11(8,9)10;/h7H,1-2H2,(H,8,9,10);/q;+1/p-1. The van der Waals surface area contributed by atoms with Crippen LogP contribution in [0.5, 0.6) is 0 Å². The van der Waals surface area contributed by atoms with E-state index in [2.05, 4.69) is 0 Å². The van der Waals surface area contributed by atoms with Crippen molar-refractivity contribution in [3.8, 4) is 0 Å². The number of nitrogens with one attached hydrogen (secondary N) is 1. The largest absolute Gasteiger partial charge is 1.00 e. The van der Waals surface area contributed by atoms with Gasteiger partial charge in [-0.15, -0.1) is 0 Å². The van der Waals surface area contributed by atoms with Crippen molar-refractivity contribution < 1.29 is 55.7 Å². The van der Waals surface area contributed by atoms with Gasteiger partial charge >= 0.3 is 35.7 Å². The topological polar surface area (TPSA) is 69.2 Å². The SMILES string of the molecule is O=S(=O)([O-])NCCC(F)(F)F.[Na+]. The van der Waals surface area contributed by atoms with E-state index in [1.807, 2.05) is 0 Å². The van der Waals surface area contributed by atoms with Crippen molar-refractivity contribution in [2.45, 2.75) is 12.6 Å². The molecule has 1 N–H and O–H groups in total. The molecule has 12 heavy (non-hydrogen) atoms. The normalized spacial score (nSPS) is 12.3. The molecule has 0 saturated heterocycles. The van der Waals surface area contributed by atoms with Gasteiger partial charge in [0.25, 0.3) is 0 Å². The van der Waals surface area contributed by atoms with Crippen LogP contribution >= 0.6 is 0 Å². The van der Waals surface area contributed by atoms with Gasteiger partial charge in [-0.3, -0.25) is 0 Å². The molecular formula is C3H5F3NNaO3S. The average Bonchev–Trinajstić information content (AvgIpc) is 1.55. The minimum atomic E-state index is -4.75. The first-order valence-corrected chi connectivity index (χ1v) is 3.89. The summed E-state index contributed by atoms with van der Waals surface area (Å²) in [5.74, 6) is 0. The van der Waals surface area contributed by atoms with Crippen molar-refractivity contribution in [2.24, 2.45) is 0 Å². The first-order valence-electron chi connectivity index (χ1n) is 2.48. The van der Waals surface area contributed by atoms with Crippen LogP contribution in [-0.4, -0.2) is 25.7 Å². The van der Waals surface area contributed by atoms with Gasteiger partial charge in [-0.05, 0) is 0 Å². The Hall–Kier alpha value is 0.660. The van der Waals surface area contributed by atoms with Gasteiger partial charge in [0.1, 0.15) is 0 Å². The second kappa shape index (κ2) is 5.40. The van der Waals surface area contributed by atoms with Crippen molar-refractivity contribution in [3.05, 3.63) is 0 Å². The Labute approximate surface area is 89.7 Å². The molecule has 0 aliphatic carbocycles. The maximum Gasteiger partial charge on any atom is 1.00 e. The molecule has 0 aromatic carbocycles. The first kappa shape index (κ1) is 15.1. The maximum absolute atomic E-state index is 11.3. The van der Waals surface area contributed by atoms with Crippen LogP contribution in [0, 0.1) is 0 Å². The van der Waals surface area contributed by atoms with E-state index in [0.29, 0.717) is 0 Å². The fraction of sp³-hybridized carbons (Fsp3) is 1.00. The van der Waals surface area contributed by atoms with Crippen molar-refractivity contribution in [2.75, 3.05) is 6.54 Å².